The quantitative estimate of drug-likeness (QED) is 0.603. The number of thiazole rings is 1. The Bertz CT molecular complexity index is 970. The minimum atomic E-state index is -0.211. The molecule has 0 aliphatic heterocycles. The minimum Gasteiger partial charge on any atom is -0.493 e. The van der Waals surface area contributed by atoms with Gasteiger partial charge >= 0.3 is 0 Å². The second-order valence-electron chi connectivity index (χ2n) is 6.15. The van der Waals surface area contributed by atoms with Gasteiger partial charge in [-0.1, -0.05) is 35.9 Å². The van der Waals surface area contributed by atoms with Gasteiger partial charge in [-0.25, -0.2) is 4.98 Å². The Kier molecular flexibility index (Phi) is 6.54. The highest BCUT2D eigenvalue weighted by Gasteiger charge is 2.15. The Morgan fingerprint density at radius 3 is 2.54 bits per heavy atom. The van der Waals surface area contributed by atoms with Crippen molar-refractivity contribution in [2.45, 2.75) is 13.3 Å². The van der Waals surface area contributed by atoms with E-state index < -0.39 is 0 Å². The molecule has 0 saturated heterocycles. The van der Waals surface area contributed by atoms with Crippen molar-refractivity contribution < 1.29 is 14.3 Å². The summed E-state index contributed by atoms with van der Waals surface area (Å²) >= 11 is 7.80. The van der Waals surface area contributed by atoms with E-state index >= 15 is 0 Å². The molecule has 1 aromatic heterocycles. The third-order valence-corrected chi connectivity index (χ3v) is 5.32. The SMILES string of the molecule is COc1cc(C(=O)NCCc2ccc(-c3csc(C)n3)cc2)cc(Cl)c1OC. The van der Waals surface area contributed by atoms with Crippen molar-refractivity contribution in [3.8, 4) is 22.8 Å². The van der Waals surface area contributed by atoms with Crippen LogP contribution >= 0.6 is 22.9 Å². The fraction of sp³-hybridized carbons (Fsp3) is 0.238. The van der Waals surface area contributed by atoms with Gasteiger partial charge in [0.1, 0.15) is 0 Å². The van der Waals surface area contributed by atoms with Crippen molar-refractivity contribution in [3.63, 3.8) is 0 Å². The Hall–Kier alpha value is -2.57. The van der Waals surface area contributed by atoms with Crippen LogP contribution in [0.4, 0.5) is 0 Å². The van der Waals surface area contributed by atoms with Crippen LogP contribution in [-0.4, -0.2) is 31.7 Å². The number of hydrogen-bond donors (Lipinski definition) is 1. The maximum atomic E-state index is 12.4. The summed E-state index contributed by atoms with van der Waals surface area (Å²) in [5, 5.41) is 6.35. The Morgan fingerprint density at radius 2 is 1.93 bits per heavy atom. The number of rotatable bonds is 7. The van der Waals surface area contributed by atoms with Gasteiger partial charge < -0.3 is 14.8 Å². The van der Waals surface area contributed by atoms with Crippen molar-refractivity contribution in [2.75, 3.05) is 20.8 Å². The highest BCUT2D eigenvalue weighted by molar-refractivity contribution is 7.09. The molecular weight excluding hydrogens is 396 g/mol. The lowest BCUT2D eigenvalue weighted by Gasteiger charge is -2.12. The van der Waals surface area contributed by atoms with E-state index in [1.807, 2.05) is 6.92 Å². The van der Waals surface area contributed by atoms with Crippen molar-refractivity contribution in [2.24, 2.45) is 0 Å². The zero-order valence-electron chi connectivity index (χ0n) is 15.9. The van der Waals surface area contributed by atoms with Gasteiger partial charge in [0.05, 0.1) is 29.9 Å². The first-order valence-corrected chi connectivity index (χ1v) is 9.98. The number of ether oxygens (including phenoxy) is 2. The molecule has 0 fully saturated rings. The summed E-state index contributed by atoms with van der Waals surface area (Å²) in [6, 6.07) is 11.4. The second-order valence-corrected chi connectivity index (χ2v) is 7.62. The number of halogens is 1. The van der Waals surface area contributed by atoms with Crippen LogP contribution in [0.25, 0.3) is 11.3 Å². The predicted molar refractivity (Wildman–Crippen MR) is 113 cm³/mol. The summed E-state index contributed by atoms with van der Waals surface area (Å²) in [4.78, 5) is 16.9. The van der Waals surface area contributed by atoms with Gasteiger partial charge in [0, 0.05) is 23.1 Å². The lowest BCUT2D eigenvalue weighted by molar-refractivity contribution is 0.0953. The van der Waals surface area contributed by atoms with Crippen molar-refractivity contribution in [1.82, 2.24) is 10.3 Å². The first kappa shape index (κ1) is 20.2. The van der Waals surface area contributed by atoms with Crippen molar-refractivity contribution in [1.29, 1.82) is 0 Å². The van der Waals surface area contributed by atoms with Crippen LogP contribution in [0.5, 0.6) is 11.5 Å². The standard InChI is InChI=1S/C21H21ClN2O3S/c1-13-24-18(12-28-13)15-6-4-14(5-7-15)8-9-23-21(25)16-10-17(22)20(27-3)19(11-16)26-2/h4-7,10-12H,8-9H2,1-3H3,(H,23,25). The lowest BCUT2D eigenvalue weighted by Crippen LogP contribution is -2.25. The molecule has 0 atom stereocenters. The average Bonchev–Trinajstić information content (AvgIpc) is 3.14. The fourth-order valence-corrected chi connectivity index (χ4v) is 3.72. The Morgan fingerprint density at radius 1 is 1.18 bits per heavy atom. The molecule has 3 aromatic rings. The smallest absolute Gasteiger partial charge is 0.251 e. The van der Waals surface area contributed by atoms with Gasteiger partial charge in [-0.2, -0.15) is 0 Å². The molecule has 0 bridgehead atoms. The van der Waals surface area contributed by atoms with E-state index in [-0.39, 0.29) is 5.91 Å². The van der Waals surface area contributed by atoms with Crippen LogP contribution in [0.15, 0.2) is 41.8 Å². The molecule has 0 spiro atoms. The van der Waals surface area contributed by atoms with E-state index in [0.29, 0.717) is 28.6 Å². The van der Waals surface area contributed by atoms with Crippen LogP contribution in [0, 0.1) is 6.92 Å². The fourth-order valence-electron chi connectivity index (χ4n) is 2.81. The maximum absolute atomic E-state index is 12.4. The van der Waals surface area contributed by atoms with Gasteiger partial charge in [-0.15, -0.1) is 11.3 Å². The van der Waals surface area contributed by atoms with Gasteiger partial charge in [0.25, 0.3) is 5.91 Å². The molecule has 5 nitrogen and oxygen atoms in total. The van der Waals surface area contributed by atoms with E-state index in [1.54, 1.807) is 23.5 Å². The van der Waals surface area contributed by atoms with Crippen LogP contribution in [0.2, 0.25) is 5.02 Å². The van der Waals surface area contributed by atoms with Gasteiger partial charge in [0.15, 0.2) is 11.5 Å². The molecule has 7 heteroatoms. The third kappa shape index (κ3) is 4.64. The molecule has 0 saturated carbocycles. The predicted octanol–water partition coefficient (Wildman–Crippen LogP) is 4.76. The summed E-state index contributed by atoms with van der Waals surface area (Å²) in [7, 11) is 3.01. The number of carbonyl (C=O) groups is 1. The normalized spacial score (nSPS) is 10.6. The topological polar surface area (TPSA) is 60.5 Å². The summed E-state index contributed by atoms with van der Waals surface area (Å²) in [5.41, 5.74) is 3.66. The van der Waals surface area contributed by atoms with E-state index in [4.69, 9.17) is 21.1 Å². The first-order valence-electron chi connectivity index (χ1n) is 8.73. The van der Waals surface area contributed by atoms with Crippen LogP contribution in [0.1, 0.15) is 20.9 Å². The van der Waals surface area contributed by atoms with Crippen LogP contribution in [0.3, 0.4) is 0 Å². The van der Waals surface area contributed by atoms with Gasteiger partial charge in [-0.05, 0) is 31.0 Å². The van der Waals surface area contributed by atoms with Gasteiger partial charge in [0.2, 0.25) is 0 Å². The molecule has 2 aromatic carbocycles. The monoisotopic (exact) mass is 416 g/mol. The van der Waals surface area contributed by atoms with E-state index in [9.17, 15) is 4.79 Å². The highest BCUT2D eigenvalue weighted by atomic mass is 35.5. The number of carbonyl (C=O) groups excluding carboxylic acids is 1. The molecule has 1 amide bonds. The molecular formula is C21H21ClN2O3S. The lowest BCUT2D eigenvalue weighted by atomic mass is 10.1. The van der Waals surface area contributed by atoms with Crippen molar-refractivity contribution in [3.05, 3.63) is 62.9 Å². The minimum absolute atomic E-state index is 0.211. The zero-order chi connectivity index (χ0) is 20.1. The third-order valence-electron chi connectivity index (χ3n) is 4.26. The van der Waals surface area contributed by atoms with Crippen LogP contribution in [-0.2, 0) is 6.42 Å². The highest BCUT2D eigenvalue weighted by Crippen LogP contribution is 2.35. The Balaban J connectivity index is 1.59. The first-order chi connectivity index (χ1) is 13.5. The number of hydrogen-bond acceptors (Lipinski definition) is 5. The molecule has 0 aliphatic rings. The number of aromatic nitrogens is 1. The zero-order valence-corrected chi connectivity index (χ0v) is 17.5. The number of amides is 1. The van der Waals surface area contributed by atoms with Crippen LogP contribution < -0.4 is 14.8 Å². The molecule has 28 heavy (non-hydrogen) atoms. The summed E-state index contributed by atoms with van der Waals surface area (Å²) < 4.78 is 10.4. The Labute approximate surface area is 173 Å². The molecule has 0 unspecified atom stereocenters. The van der Waals surface area contributed by atoms with Gasteiger partial charge in [-0.3, -0.25) is 4.79 Å². The number of nitrogens with one attached hydrogen (secondary N) is 1. The second kappa shape index (κ2) is 9.08. The van der Waals surface area contributed by atoms with E-state index in [0.717, 1.165) is 28.2 Å². The average molecular weight is 417 g/mol. The largest absolute Gasteiger partial charge is 0.493 e. The maximum Gasteiger partial charge on any atom is 0.251 e. The van der Waals surface area contributed by atoms with E-state index in [1.165, 1.54) is 14.2 Å². The number of benzene rings is 2. The molecule has 0 aliphatic carbocycles. The summed E-state index contributed by atoms with van der Waals surface area (Å²) in [6.45, 7) is 2.51. The summed E-state index contributed by atoms with van der Waals surface area (Å²) in [6.07, 6.45) is 0.725. The molecule has 0 radical (unpaired) electrons. The molecule has 3 rings (SSSR count). The van der Waals surface area contributed by atoms with Crippen molar-refractivity contribution >= 4 is 28.8 Å². The number of methoxy groups -OCH3 is 2. The molecule has 1 heterocycles. The molecule has 1 N–H and O–H groups in total. The number of nitrogens with zero attached hydrogens (tertiary/aromatic N) is 1. The number of aryl methyl sites for hydroxylation is 1. The summed E-state index contributed by atoms with van der Waals surface area (Å²) in [5.74, 6) is 0.626. The molecule has 146 valence electrons. The van der Waals surface area contributed by atoms with E-state index in [2.05, 4.69) is 39.9 Å².